The summed E-state index contributed by atoms with van der Waals surface area (Å²) in [7, 11) is 0. The first-order chi connectivity index (χ1) is 14.9. The summed E-state index contributed by atoms with van der Waals surface area (Å²) in [5.74, 6) is 0.398. The van der Waals surface area contributed by atoms with Crippen molar-refractivity contribution in [2.24, 2.45) is 5.73 Å². The second kappa shape index (κ2) is 8.60. The summed E-state index contributed by atoms with van der Waals surface area (Å²) >= 11 is 18.5. The van der Waals surface area contributed by atoms with E-state index in [1.165, 1.54) is 12.1 Å². The molecule has 3 aromatic rings. The van der Waals surface area contributed by atoms with Gasteiger partial charge in [0.1, 0.15) is 35.5 Å². The van der Waals surface area contributed by atoms with Gasteiger partial charge in [-0.1, -0.05) is 53.0 Å². The van der Waals surface area contributed by atoms with Crippen LogP contribution in [0.5, 0.6) is 17.2 Å². The molecule has 4 rings (SSSR count). The maximum atomic E-state index is 9.77. The number of phenolic OH excluding ortho intramolecular Hbond substituents is 1. The highest BCUT2D eigenvalue weighted by Gasteiger charge is 2.31. The van der Waals surface area contributed by atoms with Crippen LogP contribution in [0.25, 0.3) is 0 Å². The van der Waals surface area contributed by atoms with Gasteiger partial charge in [-0.2, -0.15) is 5.26 Å². The van der Waals surface area contributed by atoms with Crippen LogP contribution in [-0.4, -0.2) is 5.11 Å². The van der Waals surface area contributed by atoms with Crippen LogP contribution in [0, 0.1) is 11.3 Å². The first-order valence-electron chi connectivity index (χ1n) is 9.14. The number of hydrogen-bond acceptors (Lipinski definition) is 5. The number of ether oxygens (including phenoxy) is 2. The van der Waals surface area contributed by atoms with Gasteiger partial charge in [0.25, 0.3) is 0 Å². The molecule has 0 unspecified atom stereocenters. The van der Waals surface area contributed by atoms with Gasteiger partial charge < -0.3 is 20.3 Å². The molecule has 1 heterocycles. The van der Waals surface area contributed by atoms with E-state index < -0.39 is 5.92 Å². The maximum Gasteiger partial charge on any atom is 0.205 e. The average Bonchev–Trinajstić information content (AvgIpc) is 2.74. The van der Waals surface area contributed by atoms with Gasteiger partial charge in [-0.05, 0) is 41.5 Å². The van der Waals surface area contributed by atoms with Crippen molar-refractivity contribution in [3.05, 3.63) is 97.8 Å². The summed E-state index contributed by atoms with van der Waals surface area (Å²) in [5.41, 5.74) is 8.50. The molecule has 0 saturated carbocycles. The lowest BCUT2D eigenvalue weighted by atomic mass is 9.83. The van der Waals surface area contributed by atoms with E-state index >= 15 is 0 Å². The van der Waals surface area contributed by atoms with Crippen molar-refractivity contribution in [1.29, 1.82) is 5.26 Å². The monoisotopic (exact) mass is 472 g/mol. The highest BCUT2D eigenvalue weighted by Crippen LogP contribution is 2.44. The summed E-state index contributed by atoms with van der Waals surface area (Å²) < 4.78 is 11.4. The number of aromatic hydroxyl groups is 1. The Kier molecular flexibility index (Phi) is 5.88. The van der Waals surface area contributed by atoms with Gasteiger partial charge >= 0.3 is 0 Å². The van der Waals surface area contributed by atoms with Crippen molar-refractivity contribution >= 4 is 34.8 Å². The molecule has 1 aliphatic rings. The van der Waals surface area contributed by atoms with Crippen LogP contribution in [0.2, 0.25) is 15.1 Å². The van der Waals surface area contributed by atoms with Crippen LogP contribution in [-0.2, 0) is 6.61 Å². The van der Waals surface area contributed by atoms with Crippen LogP contribution in [0.4, 0.5) is 0 Å². The van der Waals surface area contributed by atoms with Gasteiger partial charge in [0.2, 0.25) is 5.88 Å². The minimum absolute atomic E-state index is 0.0123. The Balaban J connectivity index is 1.64. The standard InChI is InChI=1S/C23H15Cl3N2O3/c24-17-5-1-12(7-18(17)25)11-30-20-6-2-13(8-19(20)26)22-15-4-3-14(29)9-21(15)31-23(28)16(22)10-27/h1-9,22,29H,11,28H2/t22-/m0/s1. The van der Waals surface area contributed by atoms with E-state index in [9.17, 15) is 10.4 Å². The molecule has 31 heavy (non-hydrogen) atoms. The van der Waals surface area contributed by atoms with Crippen molar-refractivity contribution in [2.45, 2.75) is 12.5 Å². The number of fused-ring (bicyclic) bond motifs is 1. The van der Waals surface area contributed by atoms with Gasteiger partial charge in [0, 0.05) is 11.6 Å². The van der Waals surface area contributed by atoms with Crippen molar-refractivity contribution in [1.82, 2.24) is 0 Å². The number of phenols is 1. The van der Waals surface area contributed by atoms with Crippen LogP contribution in [0.15, 0.2) is 66.1 Å². The first kappa shape index (κ1) is 21.2. The van der Waals surface area contributed by atoms with E-state index in [2.05, 4.69) is 6.07 Å². The van der Waals surface area contributed by atoms with E-state index in [-0.39, 0.29) is 23.8 Å². The zero-order valence-electron chi connectivity index (χ0n) is 15.9. The van der Waals surface area contributed by atoms with Gasteiger partial charge in [0.15, 0.2) is 0 Å². The molecular formula is C23H15Cl3N2O3. The molecule has 8 heteroatoms. The highest BCUT2D eigenvalue weighted by molar-refractivity contribution is 6.42. The second-order valence-electron chi connectivity index (χ2n) is 6.87. The number of halogens is 3. The SMILES string of the molecule is N#CC1=C(N)Oc2cc(O)ccc2[C@@H]1c1ccc(OCc2ccc(Cl)c(Cl)c2)c(Cl)c1. The molecule has 0 aliphatic carbocycles. The average molecular weight is 474 g/mol. The quantitative estimate of drug-likeness (QED) is 0.474. The normalized spacial score (nSPS) is 15.1. The van der Waals surface area contributed by atoms with E-state index in [0.717, 1.165) is 11.1 Å². The van der Waals surface area contributed by atoms with Crippen LogP contribution in [0.1, 0.15) is 22.6 Å². The third-order valence-corrected chi connectivity index (χ3v) is 5.90. The van der Waals surface area contributed by atoms with E-state index in [1.807, 2.05) is 12.1 Å². The fourth-order valence-corrected chi connectivity index (χ4v) is 3.96. The number of hydrogen-bond donors (Lipinski definition) is 2. The highest BCUT2D eigenvalue weighted by atomic mass is 35.5. The lowest BCUT2D eigenvalue weighted by Gasteiger charge is -2.26. The largest absolute Gasteiger partial charge is 0.508 e. The minimum Gasteiger partial charge on any atom is -0.508 e. The lowest BCUT2D eigenvalue weighted by Crippen LogP contribution is -2.21. The maximum absolute atomic E-state index is 9.77. The van der Waals surface area contributed by atoms with E-state index in [0.29, 0.717) is 32.1 Å². The number of nitrogens with zero attached hydrogens (tertiary/aromatic N) is 1. The molecule has 1 aliphatic heterocycles. The Morgan fingerprint density at radius 2 is 1.81 bits per heavy atom. The molecule has 0 fully saturated rings. The molecule has 5 nitrogen and oxygen atoms in total. The second-order valence-corrected chi connectivity index (χ2v) is 8.10. The molecule has 0 bridgehead atoms. The Hall–Kier alpha value is -3.04. The zero-order valence-corrected chi connectivity index (χ0v) is 18.2. The smallest absolute Gasteiger partial charge is 0.205 e. The van der Waals surface area contributed by atoms with Crippen LogP contribution >= 0.6 is 34.8 Å². The number of nitriles is 1. The molecule has 156 valence electrons. The van der Waals surface area contributed by atoms with E-state index in [1.54, 1.807) is 30.3 Å². The zero-order chi connectivity index (χ0) is 22.1. The molecule has 0 aromatic heterocycles. The summed E-state index contributed by atoms with van der Waals surface area (Å²) in [4.78, 5) is 0. The third-order valence-electron chi connectivity index (χ3n) is 4.87. The number of nitrogens with two attached hydrogens (primary N) is 1. The third kappa shape index (κ3) is 4.24. The first-order valence-corrected chi connectivity index (χ1v) is 10.3. The van der Waals surface area contributed by atoms with Crippen LogP contribution < -0.4 is 15.2 Å². The van der Waals surface area contributed by atoms with Gasteiger partial charge in [-0.15, -0.1) is 0 Å². The fourth-order valence-electron chi connectivity index (χ4n) is 3.39. The van der Waals surface area contributed by atoms with Crippen molar-refractivity contribution in [3.8, 4) is 23.3 Å². The van der Waals surface area contributed by atoms with Crippen molar-refractivity contribution in [3.63, 3.8) is 0 Å². The Morgan fingerprint density at radius 1 is 1.00 bits per heavy atom. The molecule has 0 saturated heterocycles. The molecule has 0 amide bonds. The van der Waals surface area contributed by atoms with Crippen LogP contribution in [0.3, 0.4) is 0 Å². The molecule has 0 radical (unpaired) electrons. The molecule has 0 spiro atoms. The number of allylic oxidation sites excluding steroid dienone is 1. The van der Waals surface area contributed by atoms with Crippen molar-refractivity contribution < 1.29 is 14.6 Å². The Bertz CT molecular complexity index is 1250. The summed E-state index contributed by atoms with van der Waals surface area (Å²) in [6, 6.07) is 17.3. The van der Waals surface area contributed by atoms with Gasteiger partial charge in [-0.3, -0.25) is 0 Å². The number of rotatable bonds is 4. The molecular weight excluding hydrogens is 459 g/mol. The number of benzene rings is 3. The molecule has 3 aromatic carbocycles. The van der Waals surface area contributed by atoms with Gasteiger partial charge in [-0.25, -0.2) is 0 Å². The predicted molar refractivity (Wildman–Crippen MR) is 120 cm³/mol. The predicted octanol–water partition coefficient (Wildman–Crippen LogP) is 6.15. The topological polar surface area (TPSA) is 88.5 Å². The van der Waals surface area contributed by atoms with Gasteiger partial charge in [0.05, 0.1) is 21.0 Å². The summed E-state index contributed by atoms with van der Waals surface area (Å²) in [6.45, 7) is 0.256. The van der Waals surface area contributed by atoms with E-state index in [4.69, 9.17) is 50.0 Å². The lowest BCUT2D eigenvalue weighted by molar-refractivity contribution is 0.306. The minimum atomic E-state index is -0.490. The van der Waals surface area contributed by atoms with Crippen molar-refractivity contribution in [2.75, 3.05) is 0 Å². The summed E-state index contributed by atoms with van der Waals surface area (Å²) in [5, 5.41) is 20.7. The summed E-state index contributed by atoms with van der Waals surface area (Å²) in [6.07, 6.45) is 0. The Labute approximate surface area is 193 Å². The molecule has 3 N–H and O–H groups in total. The fraction of sp³-hybridized carbons (Fsp3) is 0.0870. The molecule has 1 atom stereocenters. The Morgan fingerprint density at radius 3 is 2.52 bits per heavy atom.